The number of halogens is 1. The van der Waals surface area contributed by atoms with Gasteiger partial charge >= 0.3 is 0 Å². The summed E-state index contributed by atoms with van der Waals surface area (Å²) in [7, 11) is 0. The molecule has 1 aliphatic rings. The Morgan fingerprint density at radius 1 is 1.41 bits per heavy atom. The standard InChI is InChI=1S/C17H19ClN2OS/c1-12(20-8-6-16-14(11-20)7-9-22-16)17(21)19-10-13-4-2-3-5-15(13)18/h2-5,7,9,12H,6,8,10-11H2,1H3,(H,19,21)/t12-/m0/s1. The molecule has 1 N–H and O–H groups in total. The van der Waals surface area contributed by atoms with Gasteiger partial charge in [0.05, 0.1) is 6.04 Å². The quantitative estimate of drug-likeness (QED) is 0.928. The molecule has 0 fully saturated rings. The molecule has 3 nitrogen and oxygen atoms in total. The van der Waals surface area contributed by atoms with Gasteiger partial charge in [0.1, 0.15) is 0 Å². The molecular formula is C17H19ClN2OS. The van der Waals surface area contributed by atoms with Crippen LogP contribution >= 0.6 is 22.9 Å². The first-order chi connectivity index (χ1) is 10.6. The fraction of sp³-hybridized carbons (Fsp3) is 0.353. The average molecular weight is 335 g/mol. The van der Waals surface area contributed by atoms with Gasteiger partial charge in [0.15, 0.2) is 0 Å². The molecule has 22 heavy (non-hydrogen) atoms. The van der Waals surface area contributed by atoms with Crippen LogP contribution in [-0.2, 0) is 24.3 Å². The monoisotopic (exact) mass is 334 g/mol. The number of fused-ring (bicyclic) bond motifs is 1. The number of hydrogen-bond donors (Lipinski definition) is 1. The van der Waals surface area contributed by atoms with Crippen LogP contribution in [-0.4, -0.2) is 23.4 Å². The van der Waals surface area contributed by atoms with Gasteiger partial charge in [-0.25, -0.2) is 0 Å². The maximum atomic E-state index is 12.4. The third-order valence-corrected chi connectivity index (χ3v) is 5.57. The van der Waals surface area contributed by atoms with Crippen LogP contribution < -0.4 is 5.32 Å². The van der Waals surface area contributed by atoms with Crippen molar-refractivity contribution in [1.82, 2.24) is 10.2 Å². The van der Waals surface area contributed by atoms with Crippen LogP contribution in [0.25, 0.3) is 0 Å². The van der Waals surface area contributed by atoms with Crippen molar-refractivity contribution in [1.29, 1.82) is 0 Å². The number of benzene rings is 1. The van der Waals surface area contributed by atoms with Crippen molar-refractivity contribution in [2.24, 2.45) is 0 Å². The van der Waals surface area contributed by atoms with Gasteiger partial charge in [-0.15, -0.1) is 11.3 Å². The molecule has 0 unspecified atom stereocenters. The Kier molecular flexibility index (Phi) is 4.81. The summed E-state index contributed by atoms with van der Waals surface area (Å²) in [6, 6.07) is 9.64. The molecule has 2 aromatic rings. The van der Waals surface area contributed by atoms with E-state index in [0.29, 0.717) is 11.6 Å². The molecule has 0 bridgehead atoms. The Bertz CT molecular complexity index is 670. The molecule has 1 aromatic carbocycles. The number of thiophene rings is 1. The van der Waals surface area contributed by atoms with Crippen LogP contribution in [0.3, 0.4) is 0 Å². The van der Waals surface area contributed by atoms with Crippen molar-refractivity contribution in [2.75, 3.05) is 6.54 Å². The third-order valence-electron chi connectivity index (χ3n) is 4.18. The molecule has 0 aliphatic carbocycles. The van der Waals surface area contributed by atoms with E-state index in [1.54, 1.807) is 0 Å². The van der Waals surface area contributed by atoms with Crippen molar-refractivity contribution in [3.05, 3.63) is 56.7 Å². The SMILES string of the molecule is C[C@@H](C(=O)NCc1ccccc1Cl)N1CCc2sccc2C1. The van der Waals surface area contributed by atoms with E-state index in [1.165, 1.54) is 10.4 Å². The second-order valence-corrected chi connectivity index (χ2v) is 6.98. The van der Waals surface area contributed by atoms with E-state index >= 15 is 0 Å². The van der Waals surface area contributed by atoms with Crippen LogP contribution in [0.5, 0.6) is 0 Å². The van der Waals surface area contributed by atoms with E-state index in [9.17, 15) is 4.79 Å². The fourth-order valence-corrected chi connectivity index (χ4v) is 3.83. The third kappa shape index (κ3) is 3.35. The molecule has 1 aromatic heterocycles. The normalized spacial score (nSPS) is 16.1. The van der Waals surface area contributed by atoms with Gasteiger partial charge in [-0.05, 0) is 42.0 Å². The van der Waals surface area contributed by atoms with Gasteiger partial charge in [0.25, 0.3) is 0 Å². The number of amides is 1. The highest BCUT2D eigenvalue weighted by molar-refractivity contribution is 7.10. The molecule has 1 amide bonds. The topological polar surface area (TPSA) is 32.3 Å². The number of nitrogens with zero attached hydrogens (tertiary/aromatic N) is 1. The lowest BCUT2D eigenvalue weighted by molar-refractivity contribution is -0.126. The van der Waals surface area contributed by atoms with E-state index in [0.717, 1.165) is 25.1 Å². The molecule has 0 saturated heterocycles. The van der Waals surface area contributed by atoms with Crippen molar-refractivity contribution < 1.29 is 4.79 Å². The zero-order valence-corrected chi connectivity index (χ0v) is 14.1. The summed E-state index contributed by atoms with van der Waals surface area (Å²) in [5.41, 5.74) is 2.31. The maximum absolute atomic E-state index is 12.4. The minimum atomic E-state index is -0.129. The van der Waals surface area contributed by atoms with Crippen LogP contribution in [0.2, 0.25) is 5.02 Å². The zero-order chi connectivity index (χ0) is 15.5. The minimum absolute atomic E-state index is 0.0543. The maximum Gasteiger partial charge on any atom is 0.237 e. The summed E-state index contributed by atoms with van der Waals surface area (Å²) in [6.45, 7) is 4.24. The van der Waals surface area contributed by atoms with E-state index in [4.69, 9.17) is 11.6 Å². The number of nitrogens with one attached hydrogen (secondary N) is 1. The molecule has 1 atom stereocenters. The number of carbonyl (C=O) groups excluding carboxylic acids is 1. The van der Waals surface area contributed by atoms with Crippen molar-refractivity contribution in [2.45, 2.75) is 32.5 Å². The lowest BCUT2D eigenvalue weighted by Gasteiger charge is -2.31. The van der Waals surface area contributed by atoms with Crippen LogP contribution in [0.4, 0.5) is 0 Å². The Morgan fingerprint density at radius 2 is 2.23 bits per heavy atom. The van der Waals surface area contributed by atoms with Gasteiger partial charge in [0.2, 0.25) is 5.91 Å². The van der Waals surface area contributed by atoms with Crippen molar-refractivity contribution in [3.63, 3.8) is 0 Å². The first-order valence-electron chi connectivity index (χ1n) is 7.45. The molecule has 0 radical (unpaired) electrons. The highest BCUT2D eigenvalue weighted by Gasteiger charge is 2.25. The van der Waals surface area contributed by atoms with Crippen LogP contribution in [0.15, 0.2) is 35.7 Å². The zero-order valence-electron chi connectivity index (χ0n) is 12.5. The Hall–Kier alpha value is -1.36. The van der Waals surface area contributed by atoms with Gasteiger partial charge in [0, 0.05) is 29.5 Å². The summed E-state index contributed by atoms with van der Waals surface area (Å²) >= 11 is 7.93. The minimum Gasteiger partial charge on any atom is -0.351 e. The highest BCUT2D eigenvalue weighted by Crippen LogP contribution is 2.25. The number of hydrogen-bond acceptors (Lipinski definition) is 3. The fourth-order valence-electron chi connectivity index (χ4n) is 2.74. The first-order valence-corrected chi connectivity index (χ1v) is 8.71. The van der Waals surface area contributed by atoms with Crippen molar-refractivity contribution in [3.8, 4) is 0 Å². The summed E-state index contributed by atoms with van der Waals surface area (Å²) in [5, 5.41) is 5.82. The van der Waals surface area contributed by atoms with Crippen LogP contribution in [0.1, 0.15) is 22.9 Å². The summed E-state index contributed by atoms with van der Waals surface area (Å²) < 4.78 is 0. The Balaban J connectivity index is 1.57. The molecule has 3 rings (SSSR count). The summed E-state index contributed by atoms with van der Waals surface area (Å²) in [6.07, 6.45) is 1.04. The molecular weight excluding hydrogens is 316 g/mol. The highest BCUT2D eigenvalue weighted by atomic mass is 35.5. The summed E-state index contributed by atoms with van der Waals surface area (Å²) in [4.78, 5) is 16.1. The smallest absolute Gasteiger partial charge is 0.237 e. The van der Waals surface area contributed by atoms with Crippen molar-refractivity contribution >= 4 is 28.8 Å². The molecule has 116 valence electrons. The molecule has 1 aliphatic heterocycles. The van der Waals surface area contributed by atoms with Gasteiger partial charge in [-0.1, -0.05) is 29.8 Å². The predicted octanol–water partition coefficient (Wildman–Crippen LogP) is 3.46. The van der Waals surface area contributed by atoms with E-state index in [-0.39, 0.29) is 11.9 Å². The lowest BCUT2D eigenvalue weighted by atomic mass is 10.1. The second kappa shape index (κ2) is 6.82. The molecule has 2 heterocycles. The molecule has 0 spiro atoms. The largest absolute Gasteiger partial charge is 0.351 e. The Morgan fingerprint density at radius 3 is 3.05 bits per heavy atom. The number of rotatable bonds is 4. The van der Waals surface area contributed by atoms with Gasteiger partial charge in [-0.2, -0.15) is 0 Å². The predicted molar refractivity (Wildman–Crippen MR) is 91.2 cm³/mol. The lowest BCUT2D eigenvalue weighted by Crippen LogP contribution is -2.46. The first kappa shape index (κ1) is 15.5. The summed E-state index contributed by atoms with van der Waals surface area (Å²) in [5.74, 6) is 0.0543. The van der Waals surface area contributed by atoms with Gasteiger partial charge < -0.3 is 5.32 Å². The Labute approximate surface area is 139 Å². The van der Waals surface area contributed by atoms with Gasteiger partial charge in [-0.3, -0.25) is 9.69 Å². The molecule has 0 saturated carbocycles. The number of carbonyl (C=O) groups is 1. The van der Waals surface area contributed by atoms with E-state index in [1.807, 2.05) is 42.5 Å². The van der Waals surface area contributed by atoms with E-state index in [2.05, 4.69) is 21.7 Å². The molecule has 5 heteroatoms. The second-order valence-electron chi connectivity index (χ2n) is 5.57. The van der Waals surface area contributed by atoms with Crippen LogP contribution in [0, 0.1) is 0 Å². The average Bonchev–Trinajstić information content (AvgIpc) is 3.00. The van der Waals surface area contributed by atoms with E-state index < -0.39 is 0 Å².